The maximum absolute atomic E-state index is 10.9. The van der Waals surface area contributed by atoms with Gasteiger partial charge in [0.15, 0.2) is 0 Å². The van der Waals surface area contributed by atoms with E-state index in [2.05, 4.69) is 0 Å². The van der Waals surface area contributed by atoms with Gasteiger partial charge in [-0.25, -0.2) is 4.79 Å². The van der Waals surface area contributed by atoms with Crippen molar-refractivity contribution in [3.05, 3.63) is 12.2 Å². The van der Waals surface area contributed by atoms with Crippen LogP contribution >= 0.6 is 0 Å². The van der Waals surface area contributed by atoms with E-state index in [4.69, 9.17) is 9.84 Å². The number of ether oxygens (including phenoxy) is 1. The molecule has 0 spiro atoms. The molecule has 0 saturated heterocycles. The molecule has 0 aromatic heterocycles. The van der Waals surface area contributed by atoms with Crippen molar-refractivity contribution in [1.82, 2.24) is 0 Å². The summed E-state index contributed by atoms with van der Waals surface area (Å²) < 4.78 is 4.99. The van der Waals surface area contributed by atoms with Crippen molar-refractivity contribution >= 4 is 5.97 Å². The van der Waals surface area contributed by atoms with Gasteiger partial charge in [-0.05, 0) is 19.8 Å². The van der Waals surface area contributed by atoms with Crippen LogP contribution in [0.5, 0.6) is 0 Å². The summed E-state index contributed by atoms with van der Waals surface area (Å²) in [6, 6.07) is 0. The maximum atomic E-state index is 10.9. The van der Waals surface area contributed by atoms with Crippen molar-refractivity contribution in [2.75, 3.05) is 13.2 Å². The van der Waals surface area contributed by atoms with E-state index in [1.54, 1.807) is 13.0 Å². The molecule has 0 aliphatic carbocycles. The predicted octanol–water partition coefficient (Wildman–Crippen LogP) is 3.22. The zero-order chi connectivity index (χ0) is 12.8. The van der Waals surface area contributed by atoms with Gasteiger partial charge >= 0.3 is 5.97 Å². The van der Waals surface area contributed by atoms with Gasteiger partial charge in [-0.2, -0.15) is 0 Å². The van der Waals surface area contributed by atoms with Crippen LogP contribution in [0.4, 0.5) is 0 Å². The van der Waals surface area contributed by atoms with Crippen molar-refractivity contribution in [2.45, 2.75) is 58.3 Å². The molecule has 0 unspecified atom stereocenters. The number of hydrogen-bond acceptors (Lipinski definition) is 3. The molecule has 0 aliphatic heterocycles. The fourth-order valence-electron chi connectivity index (χ4n) is 1.63. The van der Waals surface area contributed by atoms with Crippen LogP contribution in [0.25, 0.3) is 0 Å². The summed E-state index contributed by atoms with van der Waals surface area (Å²) in [5.74, 6) is -0.239. The number of aliphatic hydroxyl groups excluding tert-OH is 1. The van der Waals surface area contributed by atoms with Crippen LogP contribution in [-0.2, 0) is 9.53 Å². The zero-order valence-corrected chi connectivity index (χ0v) is 11.0. The van der Waals surface area contributed by atoms with Crippen molar-refractivity contribution < 1.29 is 14.6 Å². The standard InChI is InChI=1S/C14H26O3/c1-2-11-14(16)17-13-10-8-6-4-3-5-7-9-12-15/h2,11,15H,3-10,12-13H2,1H3/b11-2+. The van der Waals surface area contributed by atoms with Crippen LogP contribution in [0, 0.1) is 0 Å². The largest absolute Gasteiger partial charge is 0.463 e. The van der Waals surface area contributed by atoms with Gasteiger partial charge in [0.25, 0.3) is 0 Å². The van der Waals surface area contributed by atoms with E-state index in [1.165, 1.54) is 31.8 Å². The Kier molecular flexibility index (Phi) is 12.6. The van der Waals surface area contributed by atoms with E-state index in [-0.39, 0.29) is 5.97 Å². The maximum Gasteiger partial charge on any atom is 0.330 e. The second-order valence-electron chi connectivity index (χ2n) is 4.22. The normalized spacial score (nSPS) is 10.9. The summed E-state index contributed by atoms with van der Waals surface area (Å²) in [5.41, 5.74) is 0. The molecule has 0 atom stereocenters. The Bertz CT molecular complexity index is 200. The molecule has 0 aromatic rings. The van der Waals surface area contributed by atoms with Crippen LogP contribution in [0.1, 0.15) is 58.3 Å². The number of hydrogen-bond donors (Lipinski definition) is 1. The lowest BCUT2D eigenvalue weighted by molar-refractivity contribution is -0.137. The Labute approximate surface area is 105 Å². The van der Waals surface area contributed by atoms with Crippen molar-refractivity contribution in [3.63, 3.8) is 0 Å². The second kappa shape index (κ2) is 13.2. The highest BCUT2D eigenvalue weighted by atomic mass is 16.5. The SMILES string of the molecule is C/C=C/C(=O)OCCCCCCCCCCO. The van der Waals surface area contributed by atoms with Gasteiger partial charge < -0.3 is 9.84 Å². The molecule has 0 aliphatic rings. The molecule has 17 heavy (non-hydrogen) atoms. The Balaban J connectivity index is 3.06. The summed E-state index contributed by atoms with van der Waals surface area (Å²) in [6.07, 6.45) is 12.2. The van der Waals surface area contributed by atoms with Crippen LogP contribution < -0.4 is 0 Å². The molecule has 0 fully saturated rings. The fraction of sp³-hybridized carbons (Fsp3) is 0.786. The zero-order valence-electron chi connectivity index (χ0n) is 11.0. The lowest BCUT2D eigenvalue weighted by Crippen LogP contribution is -2.01. The number of carbonyl (C=O) groups is 1. The molecule has 0 aromatic carbocycles. The Morgan fingerprint density at radius 3 is 2.06 bits per heavy atom. The third-order valence-corrected chi connectivity index (χ3v) is 2.60. The van der Waals surface area contributed by atoms with Crippen molar-refractivity contribution in [3.8, 4) is 0 Å². The highest BCUT2D eigenvalue weighted by Crippen LogP contribution is 2.08. The molecule has 100 valence electrons. The van der Waals surface area contributed by atoms with Crippen molar-refractivity contribution in [2.24, 2.45) is 0 Å². The molecular formula is C14H26O3. The van der Waals surface area contributed by atoms with E-state index >= 15 is 0 Å². The van der Waals surface area contributed by atoms with E-state index in [1.807, 2.05) is 0 Å². The second-order valence-corrected chi connectivity index (χ2v) is 4.22. The summed E-state index contributed by atoms with van der Waals surface area (Å²) in [7, 11) is 0. The lowest BCUT2D eigenvalue weighted by Gasteiger charge is -2.02. The Hall–Kier alpha value is -0.830. The van der Waals surface area contributed by atoms with Gasteiger partial charge in [0.1, 0.15) is 0 Å². The number of carbonyl (C=O) groups excluding carboxylic acids is 1. The Morgan fingerprint density at radius 2 is 1.53 bits per heavy atom. The van der Waals surface area contributed by atoms with Gasteiger partial charge in [0, 0.05) is 12.7 Å². The molecule has 0 radical (unpaired) electrons. The quantitative estimate of drug-likeness (QED) is 0.344. The first-order chi connectivity index (χ1) is 8.31. The number of esters is 1. The lowest BCUT2D eigenvalue weighted by atomic mass is 10.1. The number of aliphatic hydroxyl groups is 1. The minimum Gasteiger partial charge on any atom is -0.463 e. The van der Waals surface area contributed by atoms with E-state index in [0.717, 1.165) is 25.7 Å². The topological polar surface area (TPSA) is 46.5 Å². The van der Waals surface area contributed by atoms with Gasteiger partial charge in [0.2, 0.25) is 0 Å². The predicted molar refractivity (Wildman–Crippen MR) is 69.8 cm³/mol. The third kappa shape index (κ3) is 13.1. The average molecular weight is 242 g/mol. The smallest absolute Gasteiger partial charge is 0.330 e. The summed E-state index contributed by atoms with van der Waals surface area (Å²) >= 11 is 0. The molecule has 0 amide bonds. The fourth-order valence-corrected chi connectivity index (χ4v) is 1.63. The average Bonchev–Trinajstić information content (AvgIpc) is 2.32. The molecule has 1 N–H and O–H groups in total. The minimum absolute atomic E-state index is 0.239. The van der Waals surface area contributed by atoms with Crippen LogP contribution in [0.15, 0.2) is 12.2 Å². The Morgan fingerprint density at radius 1 is 1.00 bits per heavy atom. The molecule has 0 heterocycles. The number of rotatable bonds is 11. The first-order valence-electron chi connectivity index (χ1n) is 6.71. The molecule has 3 nitrogen and oxygen atoms in total. The third-order valence-electron chi connectivity index (χ3n) is 2.60. The molecule has 0 rings (SSSR count). The van der Waals surface area contributed by atoms with Gasteiger partial charge in [-0.15, -0.1) is 0 Å². The first-order valence-corrected chi connectivity index (χ1v) is 6.71. The monoisotopic (exact) mass is 242 g/mol. The summed E-state index contributed by atoms with van der Waals surface area (Å²) in [4.78, 5) is 10.9. The van der Waals surface area contributed by atoms with Crippen molar-refractivity contribution in [1.29, 1.82) is 0 Å². The van der Waals surface area contributed by atoms with Gasteiger partial charge in [-0.3, -0.25) is 0 Å². The van der Waals surface area contributed by atoms with Gasteiger partial charge in [0.05, 0.1) is 6.61 Å². The first kappa shape index (κ1) is 16.2. The van der Waals surface area contributed by atoms with Crippen LogP contribution in [0.2, 0.25) is 0 Å². The van der Waals surface area contributed by atoms with E-state index < -0.39 is 0 Å². The highest BCUT2D eigenvalue weighted by molar-refractivity contribution is 5.81. The molecule has 3 heteroatoms. The van der Waals surface area contributed by atoms with E-state index in [0.29, 0.717) is 13.2 Å². The summed E-state index contributed by atoms with van der Waals surface area (Å²) in [5, 5.41) is 8.60. The van der Waals surface area contributed by atoms with Gasteiger partial charge in [-0.1, -0.05) is 44.6 Å². The highest BCUT2D eigenvalue weighted by Gasteiger charge is 1.96. The van der Waals surface area contributed by atoms with Crippen LogP contribution in [0.3, 0.4) is 0 Å². The number of allylic oxidation sites excluding steroid dienone is 1. The van der Waals surface area contributed by atoms with E-state index in [9.17, 15) is 4.79 Å². The summed E-state index contributed by atoms with van der Waals surface area (Å²) in [6.45, 7) is 2.66. The molecule has 0 bridgehead atoms. The molecular weight excluding hydrogens is 216 g/mol. The minimum atomic E-state index is -0.239. The number of unbranched alkanes of at least 4 members (excludes halogenated alkanes) is 7. The molecule has 0 saturated carbocycles. The van der Waals surface area contributed by atoms with Crippen LogP contribution in [-0.4, -0.2) is 24.3 Å².